The number of rotatable bonds is 7. The van der Waals surface area contributed by atoms with Crippen molar-refractivity contribution in [3.05, 3.63) is 82.7 Å². The van der Waals surface area contributed by atoms with E-state index in [1.807, 2.05) is 13.0 Å². The fourth-order valence-electron chi connectivity index (χ4n) is 4.23. The van der Waals surface area contributed by atoms with Crippen molar-refractivity contribution in [2.45, 2.75) is 65.8 Å². The van der Waals surface area contributed by atoms with Gasteiger partial charge in [0.05, 0.1) is 5.56 Å². The van der Waals surface area contributed by atoms with E-state index in [0.717, 1.165) is 42.6 Å². The van der Waals surface area contributed by atoms with Gasteiger partial charge in [-0.1, -0.05) is 88.7 Å². The zero-order valence-corrected chi connectivity index (χ0v) is 19.0. The standard InChI is InChI=1S/C27H34N2O/c1-6-10-23-25(21-13-15-22(16-14-21)27(3,4)5)24(26(28)30)19(2)29(23)18-17-20-11-8-7-9-12-20/h7-9,11-16H,6,10,17-18H2,1-5H3,(H2,28,30). The lowest BCUT2D eigenvalue weighted by Crippen LogP contribution is -2.14. The van der Waals surface area contributed by atoms with E-state index in [9.17, 15) is 4.79 Å². The number of primary amides is 1. The molecule has 0 unspecified atom stereocenters. The van der Waals surface area contributed by atoms with E-state index < -0.39 is 0 Å². The average molecular weight is 403 g/mol. The molecule has 3 rings (SSSR count). The summed E-state index contributed by atoms with van der Waals surface area (Å²) in [6.45, 7) is 11.7. The molecule has 3 nitrogen and oxygen atoms in total. The van der Waals surface area contributed by atoms with Gasteiger partial charge in [-0.3, -0.25) is 4.79 Å². The summed E-state index contributed by atoms with van der Waals surface area (Å²) in [5.41, 5.74) is 13.5. The van der Waals surface area contributed by atoms with Gasteiger partial charge in [-0.05, 0) is 41.9 Å². The maximum absolute atomic E-state index is 12.5. The molecular weight excluding hydrogens is 368 g/mol. The van der Waals surface area contributed by atoms with E-state index in [1.165, 1.54) is 16.8 Å². The summed E-state index contributed by atoms with van der Waals surface area (Å²) in [6, 6.07) is 19.1. The highest BCUT2D eigenvalue weighted by Gasteiger charge is 2.24. The summed E-state index contributed by atoms with van der Waals surface area (Å²) < 4.78 is 2.31. The van der Waals surface area contributed by atoms with Gasteiger partial charge in [-0.15, -0.1) is 0 Å². The van der Waals surface area contributed by atoms with Gasteiger partial charge in [0.2, 0.25) is 0 Å². The Balaban J connectivity index is 2.10. The molecule has 3 heteroatoms. The zero-order chi connectivity index (χ0) is 21.9. The molecule has 1 heterocycles. The first-order chi connectivity index (χ1) is 14.2. The van der Waals surface area contributed by atoms with Crippen LogP contribution in [-0.2, 0) is 24.8 Å². The fourth-order valence-corrected chi connectivity index (χ4v) is 4.23. The van der Waals surface area contributed by atoms with Gasteiger partial charge in [0.25, 0.3) is 5.91 Å². The third-order valence-corrected chi connectivity index (χ3v) is 5.87. The first-order valence-electron chi connectivity index (χ1n) is 10.9. The van der Waals surface area contributed by atoms with Gasteiger partial charge >= 0.3 is 0 Å². The molecule has 0 aliphatic heterocycles. The molecule has 0 saturated carbocycles. The predicted molar refractivity (Wildman–Crippen MR) is 126 cm³/mol. The first-order valence-corrected chi connectivity index (χ1v) is 10.9. The molecule has 30 heavy (non-hydrogen) atoms. The molecule has 0 radical (unpaired) electrons. The van der Waals surface area contributed by atoms with Gasteiger partial charge in [-0.2, -0.15) is 0 Å². The van der Waals surface area contributed by atoms with Crippen molar-refractivity contribution in [3.63, 3.8) is 0 Å². The van der Waals surface area contributed by atoms with Crippen LogP contribution in [0.4, 0.5) is 0 Å². The van der Waals surface area contributed by atoms with Crippen molar-refractivity contribution >= 4 is 5.91 Å². The van der Waals surface area contributed by atoms with Crippen molar-refractivity contribution in [3.8, 4) is 11.1 Å². The Morgan fingerprint density at radius 2 is 1.60 bits per heavy atom. The molecule has 1 aromatic heterocycles. The van der Waals surface area contributed by atoms with Crippen molar-refractivity contribution in [2.24, 2.45) is 5.73 Å². The molecule has 0 atom stereocenters. The normalized spacial score (nSPS) is 11.6. The number of aromatic nitrogens is 1. The molecule has 158 valence electrons. The Morgan fingerprint density at radius 1 is 0.967 bits per heavy atom. The van der Waals surface area contributed by atoms with Crippen molar-refractivity contribution < 1.29 is 4.79 Å². The minimum Gasteiger partial charge on any atom is -0.366 e. The minimum atomic E-state index is -0.349. The Hall–Kier alpha value is -2.81. The number of carbonyl (C=O) groups is 1. The first kappa shape index (κ1) is 21.9. The summed E-state index contributed by atoms with van der Waals surface area (Å²) in [6.07, 6.45) is 2.85. The fraction of sp³-hybridized carbons (Fsp3) is 0.370. The number of benzene rings is 2. The van der Waals surface area contributed by atoms with Crippen LogP contribution >= 0.6 is 0 Å². The van der Waals surface area contributed by atoms with E-state index >= 15 is 0 Å². The highest BCUT2D eigenvalue weighted by atomic mass is 16.1. The third kappa shape index (κ3) is 4.51. The van der Waals surface area contributed by atoms with E-state index in [-0.39, 0.29) is 11.3 Å². The maximum atomic E-state index is 12.5. The van der Waals surface area contributed by atoms with Gasteiger partial charge in [0, 0.05) is 23.5 Å². The Morgan fingerprint density at radius 3 is 2.13 bits per heavy atom. The number of amides is 1. The Kier molecular flexibility index (Phi) is 6.50. The van der Waals surface area contributed by atoms with Crippen LogP contribution in [0.5, 0.6) is 0 Å². The lowest BCUT2D eigenvalue weighted by Gasteiger charge is -2.19. The van der Waals surface area contributed by atoms with Crippen LogP contribution < -0.4 is 5.73 Å². The summed E-state index contributed by atoms with van der Waals surface area (Å²) in [7, 11) is 0. The molecule has 1 amide bonds. The Bertz CT molecular complexity index is 1010. The molecule has 2 aromatic carbocycles. The van der Waals surface area contributed by atoms with Crippen LogP contribution in [0.25, 0.3) is 11.1 Å². The smallest absolute Gasteiger partial charge is 0.251 e. The quantitative estimate of drug-likeness (QED) is 0.513. The lowest BCUT2D eigenvalue weighted by molar-refractivity contribution is 0.1000. The molecule has 0 spiro atoms. The SMILES string of the molecule is CCCc1c(-c2ccc(C(C)(C)C)cc2)c(C(N)=O)c(C)n1CCc1ccccc1. The molecular formula is C27H34N2O. The van der Waals surface area contributed by atoms with E-state index in [0.29, 0.717) is 5.56 Å². The van der Waals surface area contributed by atoms with E-state index in [1.54, 1.807) is 0 Å². The average Bonchev–Trinajstić information content (AvgIpc) is 2.98. The summed E-state index contributed by atoms with van der Waals surface area (Å²) >= 11 is 0. The third-order valence-electron chi connectivity index (χ3n) is 5.87. The molecule has 0 bridgehead atoms. The molecule has 0 fully saturated rings. The van der Waals surface area contributed by atoms with Gasteiger partial charge in [-0.25, -0.2) is 0 Å². The molecule has 3 aromatic rings. The van der Waals surface area contributed by atoms with Crippen LogP contribution in [0.1, 0.15) is 67.0 Å². The molecule has 0 saturated heterocycles. The minimum absolute atomic E-state index is 0.0921. The lowest BCUT2D eigenvalue weighted by atomic mass is 9.86. The van der Waals surface area contributed by atoms with Crippen LogP contribution in [0, 0.1) is 6.92 Å². The van der Waals surface area contributed by atoms with Gasteiger partial charge in [0.1, 0.15) is 0 Å². The molecule has 2 N–H and O–H groups in total. The highest BCUT2D eigenvalue weighted by molar-refractivity contribution is 6.02. The van der Waals surface area contributed by atoms with Crippen LogP contribution in [-0.4, -0.2) is 10.5 Å². The number of nitrogens with zero attached hydrogens (tertiary/aromatic N) is 1. The Labute approximate surface area is 180 Å². The van der Waals surface area contributed by atoms with E-state index in [2.05, 4.69) is 80.8 Å². The second kappa shape index (κ2) is 8.91. The topological polar surface area (TPSA) is 48.0 Å². The monoisotopic (exact) mass is 402 g/mol. The largest absolute Gasteiger partial charge is 0.366 e. The zero-order valence-electron chi connectivity index (χ0n) is 19.0. The highest BCUT2D eigenvalue weighted by Crippen LogP contribution is 2.35. The number of hydrogen-bond acceptors (Lipinski definition) is 1. The summed E-state index contributed by atoms with van der Waals surface area (Å²) in [5.74, 6) is -0.349. The number of carbonyl (C=O) groups excluding carboxylic acids is 1. The summed E-state index contributed by atoms with van der Waals surface area (Å²) in [4.78, 5) is 12.5. The van der Waals surface area contributed by atoms with Crippen molar-refractivity contribution in [1.29, 1.82) is 0 Å². The molecule has 0 aliphatic carbocycles. The van der Waals surface area contributed by atoms with Crippen molar-refractivity contribution in [1.82, 2.24) is 4.57 Å². The predicted octanol–water partition coefficient (Wildman–Crippen LogP) is 6.06. The second-order valence-corrected chi connectivity index (χ2v) is 9.11. The number of nitrogens with two attached hydrogens (primary N) is 1. The van der Waals surface area contributed by atoms with E-state index in [4.69, 9.17) is 5.73 Å². The van der Waals surface area contributed by atoms with Crippen LogP contribution in [0.3, 0.4) is 0 Å². The van der Waals surface area contributed by atoms with Crippen LogP contribution in [0.2, 0.25) is 0 Å². The van der Waals surface area contributed by atoms with Crippen molar-refractivity contribution in [2.75, 3.05) is 0 Å². The maximum Gasteiger partial charge on any atom is 0.251 e. The molecule has 0 aliphatic rings. The number of aryl methyl sites for hydroxylation is 1. The summed E-state index contributed by atoms with van der Waals surface area (Å²) in [5, 5.41) is 0. The second-order valence-electron chi connectivity index (χ2n) is 9.11. The van der Waals surface area contributed by atoms with Gasteiger partial charge < -0.3 is 10.3 Å². The van der Waals surface area contributed by atoms with Crippen LogP contribution in [0.15, 0.2) is 54.6 Å². The van der Waals surface area contributed by atoms with Gasteiger partial charge in [0.15, 0.2) is 0 Å². The number of hydrogen-bond donors (Lipinski definition) is 1.